The van der Waals surface area contributed by atoms with Crippen molar-refractivity contribution in [2.45, 2.75) is 38.5 Å². The van der Waals surface area contributed by atoms with Gasteiger partial charge in [-0.05, 0) is 44.4 Å². The minimum Gasteiger partial charge on any atom is -0.465 e. The molecule has 0 radical (unpaired) electrons. The number of morpholine rings is 1. The van der Waals surface area contributed by atoms with Crippen LogP contribution in [0.15, 0.2) is 30.6 Å². The van der Waals surface area contributed by atoms with Crippen LogP contribution < -0.4 is 4.90 Å². The summed E-state index contributed by atoms with van der Waals surface area (Å²) in [6.07, 6.45) is 6.37. The topological polar surface area (TPSA) is 91.6 Å². The van der Waals surface area contributed by atoms with Crippen molar-refractivity contribution >= 4 is 22.7 Å². The number of hydrogen-bond donors (Lipinski definition) is 0. The van der Waals surface area contributed by atoms with Crippen molar-refractivity contribution in [1.29, 1.82) is 0 Å². The molecule has 2 atom stereocenters. The van der Waals surface area contributed by atoms with E-state index in [4.69, 9.17) is 19.2 Å². The number of hydrogen-bond acceptors (Lipinski definition) is 8. The van der Waals surface area contributed by atoms with E-state index in [0.29, 0.717) is 47.7 Å². The second-order valence-corrected chi connectivity index (χ2v) is 8.17. The lowest BCUT2D eigenvalue weighted by atomic mass is 10.1. The van der Waals surface area contributed by atoms with E-state index in [1.807, 2.05) is 16.8 Å². The van der Waals surface area contributed by atoms with Crippen LogP contribution in [-0.2, 0) is 14.2 Å². The first-order valence-electron chi connectivity index (χ1n) is 11.1. The summed E-state index contributed by atoms with van der Waals surface area (Å²) in [6, 6.07) is 5.67. The van der Waals surface area contributed by atoms with E-state index >= 15 is 0 Å². The molecule has 2 aliphatic rings. The highest BCUT2D eigenvalue weighted by Crippen LogP contribution is 2.33. The minimum atomic E-state index is -0.402. The van der Waals surface area contributed by atoms with Gasteiger partial charge in [0.2, 0.25) is 0 Å². The summed E-state index contributed by atoms with van der Waals surface area (Å²) in [5.74, 6) is 0.309. The van der Waals surface area contributed by atoms with Crippen molar-refractivity contribution in [1.82, 2.24) is 19.7 Å². The zero-order chi connectivity index (χ0) is 22.1. The van der Waals surface area contributed by atoms with Crippen molar-refractivity contribution in [3.05, 3.63) is 36.2 Å². The van der Waals surface area contributed by atoms with Crippen LogP contribution in [0.2, 0.25) is 0 Å². The molecule has 0 bridgehead atoms. The molecule has 0 aliphatic carbocycles. The molecule has 9 nitrogen and oxygen atoms in total. The highest BCUT2D eigenvalue weighted by molar-refractivity contribution is 6.07. The van der Waals surface area contributed by atoms with Crippen LogP contribution in [0.5, 0.6) is 0 Å². The van der Waals surface area contributed by atoms with Gasteiger partial charge in [-0.15, -0.1) is 0 Å². The predicted octanol–water partition coefficient (Wildman–Crippen LogP) is 3.20. The summed E-state index contributed by atoms with van der Waals surface area (Å²) in [5, 5.41) is 5.22. The highest BCUT2D eigenvalue weighted by Gasteiger charge is 2.26. The Morgan fingerprint density at radius 1 is 1.22 bits per heavy atom. The number of carbonyl (C=O) groups excluding carboxylic acids is 1. The normalized spacial score (nSPS) is 21.6. The van der Waals surface area contributed by atoms with E-state index in [9.17, 15) is 4.79 Å². The molecule has 3 aromatic heterocycles. The third-order valence-electron chi connectivity index (χ3n) is 6.12. The first-order valence-corrected chi connectivity index (χ1v) is 11.1. The van der Waals surface area contributed by atoms with Gasteiger partial charge >= 0.3 is 5.97 Å². The Morgan fingerprint density at radius 2 is 2.12 bits per heavy atom. The lowest BCUT2D eigenvalue weighted by Crippen LogP contribution is -2.44. The number of anilines is 1. The van der Waals surface area contributed by atoms with Crippen LogP contribution in [0, 0.1) is 0 Å². The Hall–Kier alpha value is -3.04. The molecule has 2 aliphatic heterocycles. The van der Waals surface area contributed by atoms with Crippen LogP contribution in [-0.4, -0.2) is 65.2 Å². The summed E-state index contributed by atoms with van der Waals surface area (Å²) in [6.45, 7) is 4.73. The lowest BCUT2D eigenvalue weighted by molar-refractivity contribution is -0.0383. The van der Waals surface area contributed by atoms with Crippen LogP contribution in [0.25, 0.3) is 22.3 Å². The summed E-state index contributed by atoms with van der Waals surface area (Å²) >= 11 is 0. The average molecular weight is 438 g/mol. The number of pyridine rings is 2. The number of esters is 1. The first-order chi connectivity index (χ1) is 15.7. The fourth-order valence-corrected chi connectivity index (χ4v) is 4.47. The molecule has 9 heteroatoms. The van der Waals surface area contributed by atoms with Gasteiger partial charge < -0.3 is 19.1 Å². The van der Waals surface area contributed by atoms with Crippen molar-refractivity contribution < 1.29 is 19.0 Å². The zero-order valence-electron chi connectivity index (χ0n) is 18.4. The van der Waals surface area contributed by atoms with Gasteiger partial charge in [-0.2, -0.15) is 5.10 Å². The van der Waals surface area contributed by atoms with Gasteiger partial charge in [-0.3, -0.25) is 4.98 Å². The molecule has 5 heterocycles. The Balaban J connectivity index is 1.69. The van der Waals surface area contributed by atoms with E-state index < -0.39 is 5.97 Å². The number of methoxy groups -OCH3 is 1. The van der Waals surface area contributed by atoms with Gasteiger partial charge in [0.15, 0.2) is 6.23 Å². The lowest BCUT2D eigenvalue weighted by Gasteiger charge is -2.34. The molecule has 3 aromatic rings. The molecule has 0 aromatic carbocycles. The predicted molar refractivity (Wildman–Crippen MR) is 119 cm³/mol. The van der Waals surface area contributed by atoms with Gasteiger partial charge in [0.25, 0.3) is 0 Å². The van der Waals surface area contributed by atoms with E-state index in [0.717, 1.165) is 31.6 Å². The molecule has 0 spiro atoms. The number of carbonyl (C=O) groups is 1. The second-order valence-electron chi connectivity index (χ2n) is 8.17. The summed E-state index contributed by atoms with van der Waals surface area (Å²) < 4.78 is 18.5. The third-order valence-corrected chi connectivity index (χ3v) is 6.12. The molecule has 0 saturated carbocycles. The third kappa shape index (κ3) is 3.71. The van der Waals surface area contributed by atoms with Crippen molar-refractivity contribution in [3.8, 4) is 11.4 Å². The monoisotopic (exact) mass is 437 g/mol. The SMILES string of the molecule is COC(=O)c1cc(N2CCOC[C@H]2C)nc2c(-c3ccnn3[C@H]3CCCCO3)nccc12. The molecular formula is C23H27N5O4. The Kier molecular flexibility index (Phi) is 5.75. The molecular weight excluding hydrogens is 410 g/mol. The van der Waals surface area contributed by atoms with Crippen LogP contribution in [0.1, 0.15) is 42.8 Å². The Labute approximate surface area is 186 Å². The molecule has 5 rings (SSSR count). The molecule has 0 N–H and O–H groups in total. The molecule has 168 valence electrons. The van der Waals surface area contributed by atoms with Gasteiger partial charge in [0.05, 0.1) is 37.6 Å². The van der Waals surface area contributed by atoms with Crippen molar-refractivity contribution in [2.24, 2.45) is 0 Å². The highest BCUT2D eigenvalue weighted by atomic mass is 16.5. The largest absolute Gasteiger partial charge is 0.465 e. The van der Waals surface area contributed by atoms with E-state index in [1.54, 1.807) is 18.5 Å². The van der Waals surface area contributed by atoms with Crippen LogP contribution in [0.4, 0.5) is 5.82 Å². The molecule has 2 saturated heterocycles. The summed E-state index contributed by atoms with van der Waals surface area (Å²) in [5.41, 5.74) is 2.59. The quantitative estimate of drug-likeness (QED) is 0.575. The summed E-state index contributed by atoms with van der Waals surface area (Å²) in [7, 11) is 1.39. The van der Waals surface area contributed by atoms with Crippen LogP contribution >= 0.6 is 0 Å². The molecule has 2 fully saturated rings. The maximum atomic E-state index is 12.7. The van der Waals surface area contributed by atoms with Gasteiger partial charge in [0.1, 0.15) is 17.0 Å². The number of fused-ring (bicyclic) bond motifs is 1. The van der Waals surface area contributed by atoms with Crippen LogP contribution in [0.3, 0.4) is 0 Å². The van der Waals surface area contributed by atoms with E-state index in [1.165, 1.54) is 7.11 Å². The number of nitrogens with zero attached hydrogens (tertiary/aromatic N) is 5. The Morgan fingerprint density at radius 3 is 2.91 bits per heavy atom. The van der Waals surface area contributed by atoms with Gasteiger partial charge in [0, 0.05) is 30.9 Å². The van der Waals surface area contributed by atoms with E-state index in [2.05, 4.69) is 21.9 Å². The standard InChI is InChI=1S/C23H27N5O4/c1-15-14-31-12-10-27(15)19-13-17(23(29)30-2)16-6-8-24-22(21(16)26-19)18-7-9-25-28(18)20-5-3-4-11-32-20/h6-9,13,15,20H,3-5,10-12,14H2,1-2H3/t15-,20-/m1/s1. The fourth-order valence-electron chi connectivity index (χ4n) is 4.47. The minimum absolute atomic E-state index is 0.131. The second kappa shape index (κ2) is 8.84. The fraction of sp³-hybridized carbons (Fsp3) is 0.478. The molecule has 32 heavy (non-hydrogen) atoms. The summed E-state index contributed by atoms with van der Waals surface area (Å²) in [4.78, 5) is 24.5. The van der Waals surface area contributed by atoms with Crippen molar-refractivity contribution in [3.63, 3.8) is 0 Å². The number of aromatic nitrogens is 4. The Bertz CT molecular complexity index is 1120. The van der Waals surface area contributed by atoms with E-state index in [-0.39, 0.29) is 12.3 Å². The van der Waals surface area contributed by atoms with Gasteiger partial charge in [-0.1, -0.05) is 0 Å². The molecule has 0 amide bonds. The zero-order valence-corrected chi connectivity index (χ0v) is 18.4. The number of rotatable bonds is 4. The number of ether oxygens (including phenoxy) is 3. The van der Waals surface area contributed by atoms with Gasteiger partial charge in [-0.25, -0.2) is 14.5 Å². The van der Waals surface area contributed by atoms with Crippen molar-refractivity contribution in [2.75, 3.05) is 38.4 Å². The first kappa shape index (κ1) is 20.8. The average Bonchev–Trinajstić information content (AvgIpc) is 3.33. The maximum Gasteiger partial charge on any atom is 0.338 e. The smallest absolute Gasteiger partial charge is 0.338 e. The maximum absolute atomic E-state index is 12.7. The molecule has 0 unspecified atom stereocenters.